The van der Waals surface area contributed by atoms with Crippen molar-refractivity contribution < 1.29 is 4.39 Å². The van der Waals surface area contributed by atoms with Gasteiger partial charge in [0, 0.05) is 3.57 Å². The Morgan fingerprint density at radius 2 is 2.05 bits per heavy atom. The van der Waals surface area contributed by atoms with E-state index in [4.69, 9.17) is 11.6 Å². The molecule has 0 fully saturated rings. The largest absolute Gasteiger partial charge is 0.330 e. The lowest BCUT2D eigenvalue weighted by Crippen LogP contribution is -1.90. The van der Waals surface area contributed by atoms with Gasteiger partial charge in [-0.25, -0.2) is 9.37 Å². The Morgan fingerprint density at radius 1 is 1.21 bits per heavy atom. The minimum Gasteiger partial charge on any atom is -0.330 e. The summed E-state index contributed by atoms with van der Waals surface area (Å²) in [7, 11) is 0. The Morgan fingerprint density at radius 3 is 2.84 bits per heavy atom. The number of hydrogen-bond donors (Lipinski definition) is 1. The van der Waals surface area contributed by atoms with Gasteiger partial charge in [0.15, 0.2) is 5.13 Å². The molecule has 0 amide bonds. The molecule has 0 unspecified atom stereocenters. The molecule has 3 aromatic rings. The van der Waals surface area contributed by atoms with E-state index in [1.54, 1.807) is 6.07 Å². The first-order valence-electron chi connectivity index (χ1n) is 5.40. The highest BCUT2D eigenvalue weighted by molar-refractivity contribution is 14.1. The fourth-order valence-electron chi connectivity index (χ4n) is 1.66. The SMILES string of the molecule is Fc1ccc2nc(Nc3ccc(I)cc3Cl)sc2c1. The molecule has 0 saturated heterocycles. The molecule has 0 aliphatic heterocycles. The maximum absolute atomic E-state index is 13.1. The second-order valence-corrected chi connectivity index (χ2v) is 6.56. The Kier molecular flexibility index (Phi) is 3.60. The van der Waals surface area contributed by atoms with Gasteiger partial charge in [-0.15, -0.1) is 0 Å². The summed E-state index contributed by atoms with van der Waals surface area (Å²) < 4.78 is 15.0. The van der Waals surface area contributed by atoms with Gasteiger partial charge in [-0.05, 0) is 59.0 Å². The van der Waals surface area contributed by atoms with E-state index in [0.717, 1.165) is 19.5 Å². The topological polar surface area (TPSA) is 24.9 Å². The molecule has 19 heavy (non-hydrogen) atoms. The molecule has 6 heteroatoms. The summed E-state index contributed by atoms with van der Waals surface area (Å²) in [6.45, 7) is 0. The zero-order valence-electron chi connectivity index (χ0n) is 9.45. The number of rotatable bonds is 2. The lowest BCUT2D eigenvalue weighted by Gasteiger charge is -2.04. The first-order valence-corrected chi connectivity index (χ1v) is 7.67. The standard InChI is InChI=1S/C13H7ClFIN2S/c14-9-6-8(16)2-4-10(9)17-13-18-11-3-1-7(15)5-12(11)19-13/h1-6H,(H,17,18). The summed E-state index contributed by atoms with van der Waals surface area (Å²) >= 11 is 9.75. The van der Waals surface area contributed by atoms with Crippen molar-refractivity contribution in [3.8, 4) is 0 Å². The number of hydrogen-bond acceptors (Lipinski definition) is 3. The summed E-state index contributed by atoms with van der Waals surface area (Å²) in [6, 6.07) is 10.3. The summed E-state index contributed by atoms with van der Waals surface area (Å²) in [5, 5.41) is 4.49. The van der Waals surface area contributed by atoms with E-state index in [1.165, 1.54) is 23.5 Å². The Hall–Kier alpha value is -0.920. The van der Waals surface area contributed by atoms with Crippen LogP contribution < -0.4 is 5.32 Å². The molecule has 0 aliphatic carbocycles. The quantitative estimate of drug-likeness (QED) is 0.576. The van der Waals surface area contributed by atoms with Crippen LogP contribution in [0.5, 0.6) is 0 Å². The molecule has 0 aliphatic rings. The van der Waals surface area contributed by atoms with Crippen molar-refractivity contribution in [1.29, 1.82) is 0 Å². The zero-order chi connectivity index (χ0) is 13.4. The molecule has 0 atom stereocenters. The van der Waals surface area contributed by atoms with Gasteiger partial charge in [0.2, 0.25) is 0 Å². The number of nitrogens with zero attached hydrogens (tertiary/aromatic N) is 1. The van der Waals surface area contributed by atoms with Crippen molar-refractivity contribution in [2.75, 3.05) is 5.32 Å². The molecule has 1 aromatic heterocycles. The lowest BCUT2D eigenvalue weighted by molar-refractivity contribution is 0.630. The van der Waals surface area contributed by atoms with Gasteiger partial charge in [-0.2, -0.15) is 0 Å². The molecule has 0 bridgehead atoms. The van der Waals surface area contributed by atoms with Crippen LogP contribution in [0.3, 0.4) is 0 Å². The molecule has 0 spiro atoms. The van der Waals surface area contributed by atoms with Crippen LogP contribution in [-0.2, 0) is 0 Å². The highest BCUT2D eigenvalue weighted by atomic mass is 127. The predicted molar refractivity (Wildman–Crippen MR) is 87.0 cm³/mol. The van der Waals surface area contributed by atoms with E-state index >= 15 is 0 Å². The van der Waals surface area contributed by atoms with Crippen LogP contribution in [-0.4, -0.2) is 4.98 Å². The fraction of sp³-hybridized carbons (Fsp3) is 0. The van der Waals surface area contributed by atoms with Crippen molar-refractivity contribution in [3.05, 3.63) is 50.8 Å². The number of nitrogens with one attached hydrogen (secondary N) is 1. The molecule has 2 aromatic carbocycles. The molecule has 96 valence electrons. The molecular weight excluding hydrogens is 398 g/mol. The number of aromatic nitrogens is 1. The zero-order valence-corrected chi connectivity index (χ0v) is 13.2. The van der Waals surface area contributed by atoms with Crippen molar-refractivity contribution in [2.24, 2.45) is 0 Å². The summed E-state index contributed by atoms with van der Waals surface area (Å²) in [6.07, 6.45) is 0. The monoisotopic (exact) mass is 404 g/mol. The van der Waals surface area contributed by atoms with Crippen molar-refractivity contribution >= 4 is 66.6 Å². The van der Waals surface area contributed by atoms with Crippen LogP contribution in [0.15, 0.2) is 36.4 Å². The normalized spacial score (nSPS) is 10.9. The average molecular weight is 405 g/mol. The summed E-state index contributed by atoms with van der Waals surface area (Å²) in [4.78, 5) is 4.39. The van der Waals surface area contributed by atoms with Gasteiger partial charge in [-0.1, -0.05) is 22.9 Å². The highest BCUT2D eigenvalue weighted by Crippen LogP contribution is 2.32. The van der Waals surface area contributed by atoms with Gasteiger partial charge < -0.3 is 5.32 Å². The Balaban J connectivity index is 1.96. The third-order valence-electron chi connectivity index (χ3n) is 2.52. The van der Waals surface area contributed by atoms with Crippen LogP contribution in [0.1, 0.15) is 0 Å². The van der Waals surface area contributed by atoms with E-state index in [2.05, 4.69) is 32.9 Å². The van der Waals surface area contributed by atoms with Crippen molar-refractivity contribution in [2.45, 2.75) is 0 Å². The van der Waals surface area contributed by atoms with E-state index < -0.39 is 0 Å². The Bertz CT molecular complexity index is 759. The molecule has 0 radical (unpaired) electrons. The predicted octanol–water partition coefficient (Wildman–Crippen LogP) is 5.44. The van der Waals surface area contributed by atoms with E-state index in [0.29, 0.717) is 10.2 Å². The van der Waals surface area contributed by atoms with E-state index in [1.807, 2.05) is 18.2 Å². The fourth-order valence-corrected chi connectivity index (χ4v) is 3.46. The van der Waals surface area contributed by atoms with Crippen molar-refractivity contribution in [3.63, 3.8) is 0 Å². The van der Waals surface area contributed by atoms with Gasteiger partial charge >= 0.3 is 0 Å². The van der Waals surface area contributed by atoms with Crippen LogP contribution in [0.2, 0.25) is 5.02 Å². The van der Waals surface area contributed by atoms with Crippen LogP contribution in [0, 0.1) is 9.39 Å². The smallest absolute Gasteiger partial charge is 0.188 e. The third kappa shape index (κ3) is 2.82. The first-order chi connectivity index (χ1) is 9.11. The number of halogens is 3. The van der Waals surface area contributed by atoms with Crippen molar-refractivity contribution in [1.82, 2.24) is 4.98 Å². The maximum atomic E-state index is 13.1. The maximum Gasteiger partial charge on any atom is 0.188 e. The molecule has 0 saturated carbocycles. The summed E-state index contributed by atoms with van der Waals surface area (Å²) in [5.41, 5.74) is 1.57. The van der Waals surface area contributed by atoms with Gasteiger partial charge in [0.1, 0.15) is 5.82 Å². The van der Waals surface area contributed by atoms with Gasteiger partial charge in [-0.3, -0.25) is 0 Å². The second-order valence-electron chi connectivity index (χ2n) is 3.88. The van der Waals surface area contributed by atoms with Gasteiger partial charge in [0.05, 0.1) is 20.9 Å². The second kappa shape index (κ2) is 5.22. The molecule has 1 N–H and O–H groups in total. The van der Waals surface area contributed by atoms with Gasteiger partial charge in [0.25, 0.3) is 0 Å². The third-order valence-corrected chi connectivity index (χ3v) is 4.44. The lowest BCUT2D eigenvalue weighted by atomic mass is 10.3. The summed E-state index contributed by atoms with van der Waals surface area (Å²) in [5.74, 6) is -0.255. The minimum atomic E-state index is -0.255. The van der Waals surface area contributed by atoms with Crippen LogP contribution in [0.4, 0.5) is 15.2 Å². The number of anilines is 2. The molecule has 1 heterocycles. The molecule has 2 nitrogen and oxygen atoms in total. The van der Waals surface area contributed by atoms with E-state index in [-0.39, 0.29) is 5.82 Å². The molecular formula is C13H7ClFIN2S. The van der Waals surface area contributed by atoms with Crippen LogP contribution >= 0.6 is 45.5 Å². The molecule has 3 rings (SSSR count). The Labute approximate surface area is 131 Å². The average Bonchev–Trinajstić information content (AvgIpc) is 2.74. The number of thiazole rings is 1. The van der Waals surface area contributed by atoms with Crippen LogP contribution in [0.25, 0.3) is 10.2 Å². The highest BCUT2D eigenvalue weighted by Gasteiger charge is 2.07. The first kappa shape index (κ1) is 13.1. The number of benzene rings is 2. The van der Waals surface area contributed by atoms with E-state index in [9.17, 15) is 4.39 Å². The minimum absolute atomic E-state index is 0.255. The number of fused-ring (bicyclic) bond motifs is 1.